The first-order valence-corrected chi connectivity index (χ1v) is 5.43. The van der Waals surface area contributed by atoms with Crippen molar-refractivity contribution < 1.29 is 4.79 Å². The minimum absolute atomic E-state index is 0.101. The Labute approximate surface area is 96.6 Å². The van der Waals surface area contributed by atoms with Crippen LogP contribution in [0.1, 0.15) is 31.9 Å². The van der Waals surface area contributed by atoms with E-state index < -0.39 is 0 Å². The SMILES string of the molecule is CC.CC(=O)Nc1c(Cl)ccc(C)c1C. The van der Waals surface area contributed by atoms with Crippen molar-refractivity contribution in [3.63, 3.8) is 0 Å². The molecule has 0 aromatic heterocycles. The van der Waals surface area contributed by atoms with E-state index in [9.17, 15) is 4.79 Å². The van der Waals surface area contributed by atoms with E-state index in [-0.39, 0.29) is 5.91 Å². The first-order valence-electron chi connectivity index (χ1n) is 5.05. The molecule has 0 aliphatic rings. The van der Waals surface area contributed by atoms with Crippen LogP contribution in [-0.4, -0.2) is 5.91 Å². The summed E-state index contributed by atoms with van der Waals surface area (Å²) in [5.74, 6) is -0.101. The second-order valence-corrected chi connectivity index (χ2v) is 3.45. The summed E-state index contributed by atoms with van der Waals surface area (Å²) in [4.78, 5) is 10.9. The van der Waals surface area contributed by atoms with E-state index in [0.29, 0.717) is 10.7 Å². The minimum Gasteiger partial charge on any atom is -0.325 e. The lowest BCUT2D eigenvalue weighted by Gasteiger charge is -2.10. The van der Waals surface area contributed by atoms with Gasteiger partial charge in [0.1, 0.15) is 0 Å². The minimum atomic E-state index is -0.101. The fourth-order valence-electron chi connectivity index (χ4n) is 1.11. The summed E-state index contributed by atoms with van der Waals surface area (Å²) < 4.78 is 0. The topological polar surface area (TPSA) is 29.1 Å². The Hall–Kier alpha value is -1.02. The van der Waals surface area contributed by atoms with Crippen LogP contribution in [0, 0.1) is 13.8 Å². The molecule has 84 valence electrons. The molecule has 1 amide bonds. The Morgan fingerprint density at radius 1 is 1.27 bits per heavy atom. The Morgan fingerprint density at radius 3 is 2.27 bits per heavy atom. The molecule has 0 bridgehead atoms. The monoisotopic (exact) mass is 227 g/mol. The van der Waals surface area contributed by atoms with Crippen molar-refractivity contribution in [3.05, 3.63) is 28.3 Å². The van der Waals surface area contributed by atoms with Crippen LogP contribution < -0.4 is 5.32 Å². The van der Waals surface area contributed by atoms with Crippen LogP contribution in [0.15, 0.2) is 12.1 Å². The number of anilines is 1. The molecule has 0 unspecified atom stereocenters. The lowest BCUT2D eigenvalue weighted by Crippen LogP contribution is -2.08. The number of nitrogens with one attached hydrogen (secondary N) is 1. The van der Waals surface area contributed by atoms with E-state index in [2.05, 4.69) is 5.32 Å². The fourth-order valence-corrected chi connectivity index (χ4v) is 1.36. The highest BCUT2D eigenvalue weighted by Gasteiger charge is 2.06. The zero-order valence-corrected chi connectivity index (χ0v) is 10.7. The maximum atomic E-state index is 10.9. The summed E-state index contributed by atoms with van der Waals surface area (Å²) in [6, 6.07) is 3.72. The first kappa shape index (κ1) is 14.0. The Kier molecular flexibility index (Phi) is 6.02. The molecular weight excluding hydrogens is 210 g/mol. The number of hydrogen-bond acceptors (Lipinski definition) is 1. The molecular formula is C12H18ClNO. The summed E-state index contributed by atoms with van der Waals surface area (Å²) in [6.45, 7) is 9.39. The quantitative estimate of drug-likeness (QED) is 0.774. The number of rotatable bonds is 1. The molecule has 0 saturated carbocycles. The molecule has 0 aliphatic heterocycles. The Balaban J connectivity index is 0.000000921. The van der Waals surface area contributed by atoms with E-state index in [1.54, 1.807) is 6.07 Å². The van der Waals surface area contributed by atoms with Crippen molar-refractivity contribution in [3.8, 4) is 0 Å². The van der Waals surface area contributed by atoms with Gasteiger partial charge in [-0.25, -0.2) is 0 Å². The lowest BCUT2D eigenvalue weighted by molar-refractivity contribution is -0.114. The average molecular weight is 228 g/mol. The Bertz CT molecular complexity index is 348. The van der Waals surface area contributed by atoms with Crippen LogP contribution in [0.4, 0.5) is 5.69 Å². The third-order valence-corrected chi connectivity index (χ3v) is 2.30. The van der Waals surface area contributed by atoms with E-state index >= 15 is 0 Å². The van der Waals surface area contributed by atoms with Crippen LogP contribution >= 0.6 is 11.6 Å². The second-order valence-electron chi connectivity index (χ2n) is 3.05. The van der Waals surface area contributed by atoms with Crippen LogP contribution in [0.25, 0.3) is 0 Å². The highest BCUT2D eigenvalue weighted by atomic mass is 35.5. The third kappa shape index (κ3) is 3.92. The normalized spacial score (nSPS) is 8.93. The predicted molar refractivity (Wildman–Crippen MR) is 66.6 cm³/mol. The van der Waals surface area contributed by atoms with Crippen LogP contribution in [0.3, 0.4) is 0 Å². The van der Waals surface area contributed by atoms with Gasteiger partial charge in [0.15, 0.2) is 0 Å². The molecule has 0 spiro atoms. The predicted octanol–water partition coefficient (Wildman–Crippen LogP) is 3.94. The Morgan fingerprint density at radius 2 is 1.80 bits per heavy atom. The molecule has 2 nitrogen and oxygen atoms in total. The molecule has 1 N–H and O–H groups in total. The van der Waals surface area contributed by atoms with E-state index in [1.165, 1.54) is 6.92 Å². The number of hydrogen-bond donors (Lipinski definition) is 1. The number of carbonyl (C=O) groups is 1. The van der Waals surface area contributed by atoms with Crippen molar-refractivity contribution in [2.45, 2.75) is 34.6 Å². The highest BCUT2D eigenvalue weighted by molar-refractivity contribution is 6.33. The molecule has 0 aliphatic carbocycles. The number of carbonyl (C=O) groups excluding carboxylic acids is 1. The third-order valence-electron chi connectivity index (χ3n) is 1.99. The van der Waals surface area contributed by atoms with Gasteiger partial charge < -0.3 is 5.32 Å². The van der Waals surface area contributed by atoms with Gasteiger partial charge in [-0.3, -0.25) is 4.79 Å². The van der Waals surface area contributed by atoms with Gasteiger partial charge in [-0.1, -0.05) is 31.5 Å². The van der Waals surface area contributed by atoms with E-state index in [4.69, 9.17) is 11.6 Å². The van der Waals surface area contributed by atoms with Gasteiger partial charge in [-0.2, -0.15) is 0 Å². The van der Waals surface area contributed by atoms with E-state index in [1.807, 2.05) is 33.8 Å². The summed E-state index contributed by atoms with van der Waals surface area (Å²) in [6.07, 6.45) is 0. The summed E-state index contributed by atoms with van der Waals surface area (Å²) in [5, 5.41) is 3.29. The average Bonchev–Trinajstić information content (AvgIpc) is 2.21. The lowest BCUT2D eigenvalue weighted by atomic mass is 10.1. The van der Waals surface area contributed by atoms with Gasteiger partial charge in [-0.15, -0.1) is 0 Å². The van der Waals surface area contributed by atoms with Crippen molar-refractivity contribution in [2.24, 2.45) is 0 Å². The van der Waals surface area contributed by atoms with Crippen LogP contribution in [0.2, 0.25) is 5.02 Å². The fraction of sp³-hybridized carbons (Fsp3) is 0.417. The van der Waals surface area contributed by atoms with Gasteiger partial charge in [-0.05, 0) is 31.0 Å². The van der Waals surface area contributed by atoms with Crippen molar-refractivity contribution in [1.82, 2.24) is 0 Å². The molecule has 15 heavy (non-hydrogen) atoms. The largest absolute Gasteiger partial charge is 0.325 e. The zero-order valence-electron chi connectivity index (χ0n) is 9.94. The van der Waals surface area contributed by atoms with Crippen molar-refractivity contribution in [1.29, 1.82) is 0 Å². The molecule has 0 radical (unpaired) electrons. The summed E-state index contributed by atoms with van der Waals surface area (Å²) in [5.41, 5.74) is 2.85. The maximum Gasteiger partial charge on any atom is 0.221 e. The molecule has 3 heteroatoms. The van der Waals surface area contributed by atoms with Crippen molar-refractivity contribution >= 4 is 23.2 Å². The second kappa shape index (κ2) is 6.46. The van der Waals surface area contributed by atoms with Gasteiger partial charge in [0.05, 0.1) is 10.7 Å². The smallest absolute Gasteiger partial charge is 0.221 e. The van der Waals surface area contributed by atoms with E-state index in [0.717, 1.165) is 11.1 Å². The molecule has 0 saturated heterocycles. The number of amides is 1. The van der Waals surface area contributed by atoms with Crippen LogP contribution in [-0.2, 0) is 4.79 Å². The zero-order chi connectivity index (χ0) is 12.0. The molecule has 0 atom stereocenters. The first-order chi connectivity index (χ1) is 7.02. The number of aryl methyl sites for hydroxylation is 1. The molecule has 1 aromatic carbocycles. The molecule has 0 fully saturated rings. The van der Waals surface area contributed by atoms with Gasteiger partial charge in [0.2, 0.25) is 5.91 Å². The highest BCUT2D eigenvalue weighted by Crippen LogP contribution is 2.27. The number of halogens is 1. The van der Waals surface area contributed by atoms with Gasteiger partial charge in [0, 0.05) is 6.92 Å². The molecule has 1 aromatic rings. The van der Waals surface area contributed by atoms with Gasteiger partial charge in [0.25, 0.3) is 0 Å². The number of benzene rings is 1. The van der Waals surface area contributed by atoms with Gasteiger partial charge >= 0.3 is 0 Å². The summed E-state index contributed by atoms with van der Waals surface area (Å²) >= 11 is 5.93. The van der Waals surface area contributed by atoms with Crippen molar-refractivity contribution in [2.75, 3.05) is 5.32 Å². The maximum absolute atomic E-state index is 10.9. The van der Waals surface area contributed by atoms with Crippen LogP contribution in [0.5, 0.6) is 0 Å². The molecule has 1 rings (SSSR count). The molecule has 0 heterocycles. The summed E-state index contributed by atoms with van der Waals surface area (Å²) in [7, 11) is 0. The standard InChI is InChI=1S/C10H12ClNO.C2H6/c1-6-4-5-9(11)10(7(6)2)12-8(3)13;1-2/h4-5H,1-3H3,(H,12,13);1-2H3.